The van der Waals surface area contributed by atoms with Gasteiger partial charge >= 0.3 is 0 Å². The maximum absolute atomic E-state index is 4.30. The molecule has 0 radical (unpaired) electrons. The Balaban J connectivity index is 0.00000133. The molecule has 0 saturated heterocycles. The Bertz CT molecular complexity index is 422. The van der Waals surface area contributed by atoms with Crippen LogP contribution in [0.3, 0.4) is 0 Å². The molecule has 0 unspecified atom stereocenters. The SMILES string of the molecule is CN=C(NCc1cccs1)NCC1(C2CC2)CC1.I. The van der Waals surface area contributed by atoms with Gasteiger partial charge in [0.2, 0.25) is 0 Å². The summed E-state index contributed by atoms with van der Waals surface area (Å²) >= 11 is 1.78. The molecule has 0 atom stereocenters. The lowest BCUT2D eigenvalue weighted by Crippen LogP contribution is -2.40. The molecule has 3 rings (SSSR count). The van der Waals surface area contributed by atoms with E-state index in [0.29, 0.717) is 5.41 Å². The van der Waals surface area contributed by atoms with Crippen molar-refractivity contribution in [3.8, 4) is 0 Å². The number of nitrogens with zero attached hydrogens (tertiary/aromatic N) is 1. The number of nitrogens with one attached hydrogen (secondary N) is 2. The predicted octanol–water partition coefficient (Wildman–Crippen LogP) is 3.22. The summed E-state index contributed by atoms with van der Waals surface area (Å²) in [5.41, 5.74) is 0.626. The first-order valence-corrected chi connectivity index (χ1v) is 7.67. The van der Waals surface area contributed by atoms with E-state index in [1.807, 2.05) is 7.05 Å². The lowest BCUT2D eigenvalue weighted by Gasteiger charge is -2.17. The molecule has 1 heterocycles. The highest BCUT2D eigenvalue weighted by molar-refractivity contribution is 14.0. The second kappa shape index (κ2) is 6.43. The molecule has 0 bridgehead atoms. The van der Waals surface area contributed by atoms with Gasteiger partial charge in [0.1, 0.15) is 0 Å². The molecule has 0 spiro atoms. The summed E-state index contributed by atoms with van der Waals surface area (Å²) in [6, 6.07) is 4.24. The quantitative estimate of drug-likeness (QED) is 0.460. The Kier molecular flexibility index (Phi) is 5.11. The second-order valence-electron chi connectivity index (χ2n) is 5.50. The first-order chi connectivity index (χ1) is 8.82. The number of hydrogen-bond donors (Lipinski definition) is 2. The van der Waals surface area contributed by atoms with Crippen molar-refractivity contribution in [2.24, 2.45) is 16.3 Å². The van der Waals surface area contributed by atoms with Gasteiger partial charge in [0, 0.05) is 18.5 Å². The summed E-state index contributed by atoms with van der Waals surface area (Å²) in [4.78, 5) is 5.65. The van der Waals surface area contributed by atoms with Crippen molar-refractivity contribution in [3.63, 3.8) is 0 Å². The highest BCUT2D eigenvalue weighted by atomic mass is 127. The van der Waals surface area contributed by atoms with Crippen LogP contribution < -0.4 is 10.6 Å². The largest absolute Gasteiger partial charge is 0.356 e. The number of thiophene rings is 1. The third-order valence-corrected chi connectivity index (χ3v) is 5.05. The number of halogens is 1. The van der Waals surface area contributed by atoms with Gasteiger partial charge in [0.25, 0.3) is 0 Å². The average molecular weight is 391 g/mol. The second-order valence-corrected chi connectivity index (χ2v) is 6.53. The Hall–Kier alpha value is -0.300. The Morgan fingerprint density at radius 2 is 2.21 bits per heavy atom. The van der Waals surface area contributed by atoms with Crippen LogP contribution in [0.25, 0.3) is 0 Å². The first kappa shape index (κ1) is 15.1. The monoisotopic (exact) mass is 391 g/mol. The zero-order valence-electron chi connectivity index (χ0n) is 11.3. The smallest absolute Gasteiger partial charge is 0.191 e. The van der Waals surface area contributed by atoms with Crippen molar-refractivity contribution in [3.05, 3.63) is 22.4 Å². The zero-order valence-corrected chi connectivity index (χ0v) is 14.5. The maximum atomic E-state index is 4.30. The van der Waals surface area contributed by atoms with Gasteiger partial charge < -0.3 is 10.6 Å². The van der Waals surface area contributed by atoms with E-state index in [2.05, 4.69) is 33.1 Å². The molecule has 2 aliphatic rings. The van der Waals surface area contributed by atoms with Crippen LogP contribution in [0.15, 0.2) is 22.5 Å². The molecular formula is C14H22IN3S. The number of aliphatic imine (C=N–C) groups is 1. The van der Waals surface area contributed by atoms with Gasteiger partial charge in [-0.05, 0) is 48.5 Å². The lowest BCUT2D eigenvalue weighted by molar-refractivity contribution is 0.431. The summed E-state index contributed by atoms with van der Waals surface area (Å²) in [6.07, 6.45) is 5.71. The third-order valence-electron chi connectivity index (χ3n) is 4.18. The van der Waals surface area contributed by atoms with E-state index >= 15 is 0 Å². The standard InChI is InChI=1S/C14H21N3S.HI/c1-15-13(16-9-12-3-2-8-18-12)17-10-14(6-7-14)11-4-5-11;/h2-3,8,11H,4-7,9-10H2,1H3,(H2,15,16,17);1H. The van der Waals surface area contributed by atoms with E-state index < -0.39 is 0 Å². The highest BCUT2D eigenvalue weighted by Crippen LogP contribution is 2.60. The Labute approximate surface area is 136 Å². The number of rotatable bonds is 5. The van der Waals surface area contributed by atoms with Crippen LogP contribution in [0.4, 0.5) is 0 Å². The Morgan fingerprint density at radius 1 is 1.42 bits per heavy atom. The topological polar surface area (TPSA) is 36.4 Å². The molecule has 19 heavy (non-hydrogen) atoms. The van der Waals surface area contributed by atoms with Crippen LogP contribution in [0.1, 0.15) is 30.6 Å². The van der Waals surface area contributed by atoms with Gasteiger partial charge in [-0.2, -0.15) is 0 Å². The van der Waals surface area contributed by atoms with E-state index in [1.165, 1.54) is 30.6 Å². The molecule has 2 saturated carbocycles. The summed E-state index contributed by atoms with van der Waals surface area (Å²) in [5.74, 6) is 1.94. The van der Waals surface area contributed by atoms with Gasteiger partial charge in [-0.25, -0.2) is 0 Å². The minimum Gasteiger partial charge on any atom is -0.356 e. The van der Waals surface area contributed by atoms with Crippen LogP contribution in [0.2, 0.25) is 0 Å². The van der Waals surface area contributed by atoms with Crippen LogP contribution in [-0.4, -0.2) is 19.6 Å². The fourth-order valence-electron chi connectivity index (χ4n) is 2.65. The summed E-state index contributed by atoms with van der Waals surface area (Å²) < 4.78 is 0. The summed E-state index contributed by atoms with van der Waals surface area (Å²) in [5, 5.41) is 8.99. The van der Waals surface area contributed by atoms with Crippen molar-refractivity contribution >= 4 is 41.3 Å². The molecule has 2 N–H and O–H groups in total. The fraction of sp³-hybridized carbons (Fsp3) is 0.643. The third kappa shape index (κ3) is 3.84. The highest BCUT2D eigenvalue weighted by Gasteiger charge is 2.53. The van der Waals surface area contributed by atoms with Gasteiger partial charge in [-0.1, -0.05) is 6.07 Å². The fourth-order valence-corrected chi connectivity index (χ4v) is 3.29. The van der Waals surface area contributed by atoms with Gasteiger partial charge in [0.05, 0.1) is 6.54 Å². The predicted molar refractivity (Wildman–Crippen MR) is 92.3 cm³/mol. The summed E-state index contributed by atoms with van der Waals surface area (Å²) in [7, 11) is 1.85. The van der Waals surface area contributed by atoms with E-state index in [1.54, 1.807) is 11.3 Å². The molecule has 0 amide bonds. The molecule has 106 valence electrons. The minimum absolute atomic E-state index is 0. The average Bonchev–Trinajstić information content (AvgIpc) is 3.29. The maximum Gasteiger partial charge on any atom is 0.191 e. The lowest BCUT2D eigenvalue weighted by atomic mass is 10.0. The number of hydrogen-bond acceptors (Lipinski definition) is 2. The van der Waals surface area contributed by atoms with Gasteiger partial charge in [-0.3, -0.25) is 4.99 Å². The van der Waals surface area contributed by atoms with Crippen LogP contribution in [0, 0.1) is 11.3 Å². The Morgan fingerprint density at radius 3 is 2.74 bits per heavy atom. The molecule has 1 aromatic heterocycles. The van der Waals surface area contributed by atoms with Crippen LogP contribution in [0.5, 0.6) is 0 Å². The molecule has 2 aliphatic carbocycles. The molecule has 0 aromatic carbocycles. The van der Waals surface area contributed by atoms with Crippen LogP contribution in [-0.2, 0) is 6.54 Å². The molecule has 5 heteroatoms. The van der Waals surface area contributed by atoms with E-state index in [-0.39, 0.29) is 24.0 Å². The molecule has 2 fully saturated rings. The van der Waals surface area contributed by atoms with E-state index in [9.17, 15) is 0 Å². The molecule has 1 aromatic rings. The zero-order chi connectivity index (χ0) is 12.4. The minimum atomic E-state index is 0. The van der Waals surface area contributed by atoms with Crippen molar-refractivity contribution < 1.29 is 0 Å². The van der Waals surface area contributed by atoms with Crippen molar-refractivity contribution in [2.75, 3.05) is 13.6 Å². The van der Waals surface area contributed by atoms with Crippen LogP contribution >= 0.6 is 35.3 Å². The molecule has 0 aliphatic heterocycles. The van der Waals surface area contributed by atoms with Crippen molar-refractivity contribution in [1.82, 2.24) is 10.6 Å². The normalized spacial score (nSPS) is 20.6. The van der Waals surface area contributed by atoms with Crippen molar-refractivity contribution in [1.29, 1.82) is 0 Å². The van der Waals surface area contributed by atoms with E-state index in [0.717, 1.165) is 25.0 Å². The molecular weight excluding hydrogens is 369 g/mol. The van der Waals surface area contributed by atoms with E-state index in [4.69, 9.17) is 0 Å². The van der Waals surface area contributed by atoms with Crippen molar-refractivity contribution in [2.45, 2.75) is 32.2 Å². The summed E-state index contributed by atoms with van der Waals surface area (Å²) in [6.45, 7) is 1.97. The number of guanidine groups is 1. The van der Waals surface area contributed by atoms with Gasteiger partial charge in [0.15, 0.2) is 5.96 Å². The first-order valence-electron chi connectivity index (χ1n) is 6.79. The molecule has 3 nitrogen and oxygen atoms in total. The van der Waals surface area contributed by atoms with Gasteiger partial charge in [-0.15, -0.1) is 35.3 Å².